The van der Waals surface area contributed by atoms with Crippen LogP contribution in [-0.2, 0) is 0 Å². The van der Waals surface area contributed by atoms with Gasteiger partial charge in [-0.3, -0.25) is 4.57 Å². The van der Waals surface area contributed by atoms with Crippen molar-refractivity contribution in [2.75, 3.05) is 14.7 Å². The van der Waals surface area contributed by atoms with Crippen molar-refractivity contribution >= 4 is 89.8 Å². The van der Waals surface area contributed by atoms with Crippen molar-refractivity contribution in [2.24, 2.45) is 0 Å². The second kappa shape index (κ2) is 30.0. The van der Waals surface area contributed by atoms with Crippen LogP contribution in [0.25, 0.3) is 105 Å². The van der Waals surface area contributed by atoms with E-state index in [9.17, 15) is 26.3 Å². The standard InChI is InChI=1S/C42H24N4O2.C30H11F10NO.C26H17N5O/c1-43-26-22-25(23-27(24-26)44-2)38-34(45-32-16-7-3-12-28(32)39-30-14-5-9-20-36(30)47-41(39)45)18-11-19-35(38)46-33-17-8-4-13-29(33)40-31-15-6-10-21-37(31)48-42(40)46;31-20-18(21(32)25(36)28(39)24(20)35)12-6-5-7-13(19-22(33)26(37)29(40)27(38)23(19)34)30(12)41-14-8-1-3-10-16(14)42-17-11-4-2-9-15(17)41;1-3-12-22-20(10-1)31(21-11-2-4-13-23(21)32-22)24-18(25-27-14-6-15-28-25)8-5-9-19(24)26-29-16-7-17-30-26/h3-24,39,41H;1-11H;1-17H. The van der Waals surface area contributed by atoms with Crippen LogP contribution in [-0.4, -0.2) is 30.7 Å². The maximum atomic E-state index is 15.2. The maximum absolute atomic E-state index is 15.2. The third-order valence-corrected chi connectivity index (χ3v) is 21.7. The first-order valence-electron chi connectivity index (χ1n) is 37.9. The van der Waals surface area contributed by atoms with Gasteiger partial charge in [0.05, 0.1) is 86.6 Å². The molecule has 24 heteroatoms. The van der Waals surface area contributed by atoms with Gasteiger partial charge in [0.25, 0.3) is 0 Å². The Kier molecular flexibility index (Phi) is 18.3. The highest BCUT2D eigenvalue weighted by Crippen LogP contribution is 2.60. The van der Waals surface area contributed by atoms with Crippen LogP contribution in [0.3, 0.4) is 0 Å². The summed E-state index contributed by atoms with van der Waals surface area (Å²) in [6.07, 6.45) is 6.68. The number of hydrogen-bond donors (Lipinski definition) is 0. The number of rotatable bonds is 9. The zero-order valence-corrected chi connectivity index (χ0v) is 62.9. The van der Waals surface area contributed by atoms with Gasteiger partial charge in [0.2, 0.25) is 17.3 Å². The first-order valence-corrected chi connectivity index (χ1v) is 37.9. The summed E-state index contributed by atoms with van der Waals surface area (Å²) in [5, 5.41) is 3.20. The fourth-order valence-electron chi connectivity index (χ4n) is 16.6. The van der Waals surface area contributed by atoms with Gasteiger partial charge in [0.1, 0.15) is 11.3 Å². The van der Waals surface area contributed by atoms with E-state index in [-0.39, 0.29) is 35.0 Å². The third-order valence-electron chi connectivity index (χ3n) is 21.7. The largest absolute Gasteiger partial charge is 0.469 e. The predicted molar refractivity (Wildman–Crippen MR) is 445 cm³/mol. The predicted octanol–water partition coefficient (Wildman–Crippen LogP) is 27.5. The van der Waals surface area contributed by atoms with E-state index in [4.69, 9.17) is 31.8 Å². The zero-order chi connectivity index (χ0) is 83.3. The van der Waals surface area contributed by atoms with Crippen LogP contribution >= 0.6 is 0 Å². The second-order valence-corrected chi connectivity index (χ2v) is 28.4. The Hall–Kier alpha value is -16.3. The van der Waals surface area contributed by atoms with Gasteiger partial charge in [0.15, 0.2) is 98.8 Å². The molecule has 14 aromatic carbocycles. The van der Waals surface area contributed by atoms with Crippen molar-refractivity contribution in [2.45, 2.75) is 12.1 Å². The Balaban J connectivity index is 0.000000119. The fraction of sp³-hybridized carbons (Fsp3) is 0.0204. The minimum atomic E-state index is -2.46. The first kappa shape index (κ1) is 74.5. The Morgan fingerprint density at radius 2 is 0.713 bits per heavy atom. The van der Waals surface area contributed by atoms with Gasteiger partial charge in [-0.25, -0.2) is 73.5 Å². The van der Waals surface area contributed by atoms with Gasteiger partial charge >= 0.3 is 0 Å². The average molecular weight is 1620 g/mol. The number of para-hydroxylation sites is 14. The number of anilines is 8. The van der Waals surface area contributed by atoms with Gasteiger partial charge in [-0.15, -0.1) is 0 Å². The summed E-state index contributed by atoms with van der Waals surface area (Å²) in [6, 6.07) is 85.0. The highest BCUT2D eigenvalue weighted by atomic mass is 19.2. The molecule has 4 aromatic heterocycles. The minimum Gasteiger partial charge on any atom is -0.469 e. The molecule has 0 saturated heterocycles. The number of benzene rings is 14. The van der Waals surface area contributed by atoms with Crippen molar-refractivity contribution in [3.8, 4) is 90.6 Å². The van der Waals surface area contributed by atoms with E-state index in [2.05, 4.69) is 123 Å². The Morgan fingerprint density at radius 1 is 0.328 bits per heavy atom. The summed E-state index contributed by atoms with van der Waals surface area (Å²) in [6.45, 7) is 15.8. The summed E-state index contributed by atoms with van der Waals surface area (Å²) in [5.74, 6) is -19.5. The number of furan rings is 1. The van der Waals surface area contributed by atoms with E-state index in [1.807, 2.05) is 127 Å². The fourth-order valence-corrected chi connectivity index (χ4v) is 16.6. The molecule has 4 aliphatic rings. The van der Waals surface area contributed by atoms with Crippen LogP contribution in [0.15, 0.2) is 308 Å². The molecule has 0 N–H and O–H groups in total. The summed E-state index contributed by atoms with van der Waals surface area (Å²) >= 11 is 0. The Labute approximate surface area is 686 Å². The molecule has 0 spiro atoms. The topological polar surface area (TPSA) is 116 Å². The number of fused-ring (bicyclic) bond motifs is 14. The van der Waals surface area contributed by atoms with Crippen molar-refractivity contribution in [3.05, 3.63) is 396 Å². The van der Waals surface area contributed by atoms with Gasteiger partial charge in [-0.2, -0.15) is 0 Å². The smallest absolute Gasteiger partial charge is 0.213 e. The number of halogens is 10. The van der Waals surface area contributed by atoms with Crippen LogP contribution in [0, 0.1) is 71.3 Å². The van der Waals surface area contributed by atoms with E-state index in [1.165, 1.54) is 59.7 Å². The molecule has 0 aliphatic carbocycles. The molecule has 14 nitrogen and oxygen atoms in total. The average Bonchev–Trinajstić information content (AvgIpc) is 1.55. The number of hydrogen-bond acceptors (Lipinski definition) is 11. The monoisotopic (exact) mass is 1620 g/mol. The van der Waals surface area contributed by atoms with E-state index in [0.717, 1.165) is 130 Å². The van der Waals surface area contributed by atoms with Crippen molar-refractivity contribution < 1.29 is 62.5 Å². The highest BCUT2D eigenvalue weighted by molar-refractivity contribution is 6.20. The minimum absolute atomic E-state index is 0.0248. The molecule has 0 bridgehead atoms. The lowest BCUT2D eigenvalue weighted by atomic mass is 9.92. The van der Waals surface area contributed by atoms with E-state index >= 15 is 17.6 Å². The first-order chi connectivity index (χ1) is 59.7. The molecule has 0 amide bonds. The quantitative estimate of drug-likeness (QED) is 0.0595. The van der Waals surface area contributed by atoms with Crippen molar-refractivity contribution in [1.82, 2.24) is 24.5 Å². The van der Waals surface area contributed by atoms with Gasteiger partial charge < -0.3 is 33.3 Å². The summed E-state index contributed by atoms with van der Waals surface area (Å²) in [5.41, 5.74) is 9.52. The summed E-state index contributed by atoms with van der Waals surface area (Å²) in [7, 11) is 0. The molecule has 0 radical (unpaired) electrons. The van der Waals surface area contributed by atoms with E-state index < -0.39 is 86.1 Å². The lowest BCUT2D eigenvalue weighted by molar-refractivity contribution is 0.234. The molecule has 0 saturated carbocycles. The van der Waals surface area contributed by atoms with Crippen LogP contribution in [0.5, 0.6) is 28.7 Å². The maximum Gasteiger partial charge on any atom is 0.213 e. The molecule has 0 fully saturated rings. The van der Waals surface area contributed by atoms with Crippen LogP contribution in [0.2, 0.25) is 0 Å². The zero-order valence-electron chi connectivity index (χ0n) is 62.9. The molecule has 18 aromatic rings. The Bertz CT molecular complexity index is 7120. The van der Waals surface area contributed by atoms with Gasteiger partial charge in [-0.1, -0.05) is 170 Å². The molecule has 588 valence electrons. The molecule has 4 aliphatic heterocycles. The van der Waals surface area contributed by atoms with E-state index in [1.54, 1.807) is 30.9 Å². The summed E-state index contributed by atoms with van der Waals surface area (Å²) in [4.78, 5) is 31.3. The molecule has 8 heterocycles. The lowest BCUT2D eigenvalue weighted by Gasteiger charge is -2.35. The van der Waals surface area contributed by atoms with Crippen LogP contribution < -0.4 is 28.9 Å². The lowest BCUT2D eigenvalue weighted by Crippen LogP contribution is -2.32. The second-order valence-electron chi connectivity index (χ2n) is 28.4. The Morgan fingerprint density at radius 3 is 1.21 bits per heavy atom. The molecule has 2 unspecified atom stereocenters. The molecular weight excluding hydrogens is 1570 g/mol. The SMILES string of the molecule is Fc1c(F)c(F)c(-c2cccc(-c3c(F)c(F)c(F)c(F)c3F)c2N2c3ccccc3Oc3ccccc32)c(F)c1F.[C-]#[N+]c1cc([N+]#[C-])cc(-c2c(N3c4ccccc4C4c5ccccc5OC43)cccc2-n2c3ccccc3c3c4ccccc4oc32)c1.c1cnc(-c2cccc(-c3ncccn3)c2N2c3ccccc3Oc3ccccc32)nc1. The van der Waals surface area contributed by atoms with E-state index in [0.29, 0.717) is 23.0 Å². The number of aromatic nitrogens is 5. The van der Waals surface area contributed by atoms with Crippen LogP contribution in [0.1, 0.15) is 17.0 Å². The third kappa shape index (κ3) is 12.0. The van der Waals surface area contributed by atoms with Crippen LogP contribution in [0.4, 0.5) is 101 Å². The molecule has 122 heavy (non-hydrogen) atoms. The number of ether oxygens (including phenoxy) is 3. The molecule has 2 atom stereocenters. The summed E-state index contributed by atoms with van der Waals surface area (Å²) < 4.78 is 174. The molecular formula is C98H52F10N10O4. The van der Waals surface area contributed by atoms with Gasteiger partial charge in [-0.05, 0) is 120 Å². The number of nitrogens with zero attached hydrogens (tertiary/aromatic N) is 10. The van der Waals surface area contributed by atoms with Crippen molar-refractivity contribution in [1.29, 1.82) is 0 Å². The highest BCUT2D eigenvalue weighted by Gasteiger charge is 2.48. The normalized spacial score (nSPS) is 13.6. The molecule has 22 rings (SSSR count). The van der Waals surface area contributed by atoms with Crippen molar-refractivity contribution in [3.63, 3.8) is 0 Å². The van der Waals surface area contributed by atoms with Gasteiger partial charge in [0, 0.05) is 74.6 Å².